The number of amides is 1. The highest BCUT2D eigenvalue weighted by Gasteiger charge is 2.32. The van der Waals surface area contributed by atoms with Gasteiger partial charge in [0.15, 0.2) is 0 Å². The number of carbonyl (C=O) groups excluding carboxylic acids is 1. The van der Waals surface area contributed by atoms with Crippen LogP contribution >= 0.6 is 11.6 Å². The summed E-state index contributed by atoms with van der Waals surface area (Å²) in [5.74, 6) is -0.171. The fourth-order valence-corrected chi connectivity index (χ4v) is 2.49. The van der Waals surface area contributed by atoms with E-state index in [-0.39, 0.29) is 12.1 Å². The Labute approximate surface area is 139 Å². The highest BCUT2D eigenvalue weighted by atomic mass is 35.5. The number of rotatable bonds is 4. The Morgan fingerprint density at radius 2 is 1.87 bits per heavy atom. The lowest BCUT2D eigenvalue weighted by molar-refractivity contribution is -0.118. The largest absolute Gasteiger partial charge is 0.367 e. The Kier molecular flexibility index (Phi) is 4.78. The van der Waals surface area contributed by atoms with E-state index in [1.165, 1.54) is 0 Å². The van der Waals surface area contributed by atoms with Crippen molar-refractivity contribution in [3.8, 4) is 0 Å². The van der Waals surface area contributed by atoms with Gasteiger partial charge in [0.25, 0.3) is 0 Å². The van der Waals surface area contributed by atoms with E-state index in [1.54, 1.807) is 6.07 Å². The van der Waals surface area contributed by atoms with Gasteiger partial charge in [-0.1, -0.05) is 35.9 Å². The second-order valence-corrected chi connectivity index (χ2v) is 5.74. The Morgan fingerprint density at radius 3 is 2.61 bits per heavy atom. The summed E-state index contributed by atoms with van der Waals surface area (Å²) in [6.45, 7) is 1.92. The molecule has 1 fully saturated rings. The zero-order valence-electron chi connectivity index (χ0n) is 12.6. The van der Waals surface area contributed by atoms with Crippen LogP contribution in [0.25, 0.3) is 0 Å². The molecule has 1 amide bonds. The van der Waals surface area contributed by atoms with E-state index in [1.807, 2.05) is 49.4 Å². The van der Waals surface area contributed by atoms with Crippen molar-refractivity contribution in [2.75, 3.05) is 10.6 Å². The third kappa shape index (κ3) is 3.80. The second kappa shape index (κ2) is 6.97. The van der Waals surface area contributed by atoms with Gasteiger partial charge in [-0.25, -0.2) is 10.9 Å². The molecule has 0 spiro atoms. The Bertz CT molecular complexity index is 694. The predicted octanol–water partition coefficient (Wildman–Crippen LogP) is 2.01. The highest BCUT2D eigenvalue weighted by Crippen LogP contribution is 2.20. The summed E-state index contributed by atoms with van der Waals surface area (Å²) >= 11 is 6.09. The van der Waals surface area contributed by atoms with Crippen molar-refractivity contribution >= 4 is 28.9 Å². The molecule has 1 saturated heterocycles. The summed E-state index contributed by atoms with van der Waals surface area (Å²) in [6.07, 6.45) is -0.293. The average molecular weight is 332 g/mol. The molecule has 5 N–H and O–H groups in total. The van der Waals surface area contributed by atoms with Crippen LogP contribution in [0.15, 0.2) is 48.5 Å². The molecule has 7 heteroatoms. The maximum Gasteiger partial charge on any atom is 0.246 e. The summed E-state index contributed by atoms with van der Waals surface area (Å²) in [4.78, 5) is 12.5. The van der Waals surface area contributed by atoms with E-state index >= 15 is 0 Å². The van der Waals surface area contributed by atoms with Gasteiger partial charge in [0.1, 0.15) is 12.2 Å². The normalized spacial score (nSPS) is 20.3. The van der Waals surface area contributed by atoms with E-state index in [0.29, 0.717) is 10.7 Å². The molecule has 2 aromatic rings. The number of carbonyl (C=O) groups is 1. The van der Waals surface area contributed by atoms with Crippen molar-refractivity contribution in [3.63, 3.8) is 0 Å². The molecule has 3 rings (SSSR count). The van der Waals surface area contributed by atoms with E-state index < -0.39 is 6.04 Å². The van der Waals surface area contributed by atoms with Gasteiger partial charge in [-0.05, 0) is 36.8 Å². The van der Waals surface area contributed by atoms with Gasteiger partial charge < -0.3 is 10.6 Å². The molecule has 2 atom stereocenters. The van der Waals surface area contributed by atoms with Crippen LogP contribution in [0.1, 0.15) is 5.56 Å². The van der Waals surface area contributed by atoms with Crippen molar-refractivity contribution in [2.45, 2.75) is 19.1 Å². The highest BCUT2D eigenvalue weighted by molar-refractivity contribution is 6.31. The van der Waals surface area contributed by atoms with Crippen molar-refractivity contribution < 1.29 is 4.79 Å². The monoisotopic (exact) mass is 331 g/mol. The molecule has 0 saturated carbocycles. The van der Waals surface area contributed by atoms with Crippen LogP contribution in [0.3, 0.4) is 0 Å². The number of halogens is 1. The number of hydrogen-bond donors (Lipinski definition) is 5. The van der Waals surface area contributed by atoms with Gasteiger partial charge in [-0.15, -0.1) is 0 Å². The number of aryl methyl sites for hydroxylation is 1. The first-order valence-corrected chi connectivity index (χ1v) is 7.66. The minimum absolute atomic E-state index is 0.171. The summed E-state index contributed by atoms with van der Waals surface area (Å²) in [6, 6.07) is 14.6. The van der Waals surface area contributed by atoms with Crippen LogP contribution in [0.5, 0.6) is 0 Å². The molecule has 2 aromatic carbocycles. The smallest absolute Gasteiger partial charge is 0.246 e. The lowest BCUT2D eigenvalue weighted by atomic mass is 10.2. The minimum Gasteiger partial charge on any atom is -0.367 e. The van der Waals surface area contributed by atoms with Gasteiger partial charge in [0.2, 0.25) is 5.91 Å². The van der Waals surface area contributed by atoms with Crippen LogP contribution in [0.2, 0.25) is 5.02 Å². The van der Waals surface area contributed by atoms with Gasteiger partial charge >= 0.3 is 0 Å². The van der Waals surface area contributed by atoms with Gasteiger partial charge in [-0.3, -0.25) is 4.79 Å². The van der Waals surface area contributed by atoms with Crippen LogP contribution in [0.4, 0.5) is 11.4 Å². The fraction of sp³-hybridized carbons (Fsp3) is 0.188. The summed E-state index contributed by atoms with van der Waals surface area (Å²) in [7, 11) is 0. The van der Waals surface area contributed by atoms with Crippen molar-refractivity contribution in [3.05, 3.63) is 59.1 Å². The topological polar surface area (TPSA) is 77.2 Å². The lowest BCUT2D eigenvalue weighted by Gasteiger charge is -2.20. The Balaban J connectivity index is 1.67. The quantitative estimate of drug-likeness (QED) is 0.592. The third-order valence-corrected chi connectivity index (χ3v) is 4.01. The molecule has 0 aromatic heterocycles. The molecule has 1 heterocycles. The summed E-state index contributed by atoms with van der Waals surface area (Å²) in [5.41, 5.74) is 11.2. The van der Waals surface area contributed by atoms with Crippen molar-refractivity contribution in [1.82, 2.24) is 16.4 Å². The molecular formula is C16H18ClN5O. The standard InChI is InChI=1S/C16H18ClN5O/c1-10-7-8-12(9-13(10)17)19-16(23)14-15(21-22-20-14)18-11-5-3-2-4-6-11/h2-9,14-15,18,20-22H,1H3,(H,19,23). The Morgan fingerprint density at radius 1 is 1.09 bits per heavy atom. The number of hydrogen-bond acceptors (Lipinski definition) is 5. The van der Waals surface area contributed by atoms with Crippen LogP contribution < -0.4 is 27.0 Å². The molecule has 23 heavy (non-hydrogen) atoms. The lowest BCUT2D eigenvalue weighted by Crippen LogP contribution is -2.47. The fourth-order valence-electron chi connectivity index (χ4n) is 2.30. The van der Waals surface area contributed by atoms with E-state index in [4.69, 9.17) is 11.6 Å². The van der Waals surface area contributed by atoms with Gasteiger partial charge in [0.05, 0.1) is 0 Å². The van der Waals surface area contributed by atoms with E-state index in [0.717, 1.165) is 11.3 Å². The first-order chi connectivity index (χ1) is 11.1. The van der Waals surface area contributed by atoms with Crippen LogP contribution in [0, 0.1) is 6.92 Å². The van der Waals surface area contributed by atoms with Gasteiger partial charge in [0, 0.05) is 16.4 Å². The molecule has 1 aliphatic heterocycles. The van der Waals surface area contributed by atoms with Crippen LogP contribution in [-0.4, -0.2) is 18.1 Å². The number of hydrazine groups is 2. The molecule has 2 unspecified atom stereocenters. The number of nitrogens with one attached hydrogen (secondary N) is 5. The molecule has 1 aliphatic rings. The first-order valence-electron chi connectivity index (χ1n) is 7.28. The van der Waals surface area contributed by atoms with Crippen LogP contribution in [-0.2, 0) is 4.79 Å². The third-order valence-electron chi connectivity index (χ3n) is 3.61. The van der Waals surface area contributed by atoms with E-state index in [2.05, 4.69) is 27.0 Å². The SMILES string of the molecule is Cc1ccc(NC(=O)C2NNNC2Nc2ccccc2)cc1Cl. The van der Waals surface area contributed by atoms with Crippen molar-refractivity contribution in [2.24, 2.45) is 0 Å². The molecule has 0 bridgehead atoms. The second-order valence-electron chi connectivity index (χ2n) is 5.33. The molecule has 0 aliphatic carbocycles. The maximum atomic E-state index is 12.5. The molecule has 120 valence electrons. The zero-order valence-corrected chi connectivity index (χ0v) is 13.3. The molecular weight excluding hydrogens is 314 g/mol. The summed E-state index contributed by atoms with van der Waals surface area (Å²) < 4.78 is 0. The minimum atomic E-state index is -0.490. The Hall–Kier alpha value is -2.12. The molecule has 0 radical (unpaired) electrons. The summed E-state index contributed by atoms with van der Waals surface area (Å²) in [5, 5.41) is 6.74. The van der Waals surface area contributed by atoms with E-state index in [9.17, 15) is 4.79 Å². The average Bonchev–Trinajstić information content (AvgIpc) is 3.00. The maximum absolute atomic E-state index is 12.5. The predicted molar refractivity (Wildman–Crippen MR) is 91.9 cm³/mol. The molecule has 6 nitrogen and oxygen atoms in total. The van der Waals surface area contributed by atoms with Gasteiger partial charge in [-0.2, -0.15) is 5.53 Å². The number of benzene rings is 2. The first kappa shape index (κ1) is 15.8. The number of anilines is 2. The number of para-hydroxylation sites is 1. The zero-order chi connectivity index (χ0) is 16.2. The van der Waals surface area contributed by atoms with Crippen molar-refractivity contribution in [1.29, 1.82) is 0 Å².